The van der Waals surface area contributed by atoms with Crippen molar-refractivity contribution in [1.29, 1.82) is 0 Å². The molecule has 1 fully saturated rings. The van der Waals surface area contributed by atoms with E-state index in [1.54, 1.807) is 29.6 Å². The van der Waals surface area contributed by atoms with Crippen molar-refractivity contribution in [3.63, 3.8) is 0 Å². The highest BCUT2D eigenvalue weighted by atomic mass is 32.2. The summed E-state index contributed by atoms with van der Waals surface area (Å²) in [5, 5.41) is 21.4. The van der Waals surface area contributed by atoms with Crippen molar-refractivity contribution < 1.29 is 14.7 Å². The lowest BCUT2D eigenvalue weighted by Gasteiger charge is -2.33. The summed E-state index contributed by atoms with van der Waals surface area (Å²) in [6, 6.07) is 9.46. The molecule has 0 radical (unpaired) electrons. The maximum atomic E-state index is 12.8. The van der Waals surface area contributed by atoms with E-state index >= 15 is 0 Å². The van der Waals surface area contributed by atoms with Crippen LogP contribution in [0.15, 0.2) is 36.5 Å². The number of nitrogens with zero attached hydrogens (tertiary/aromatic N) is 4. The Morgan fingerprint density at radius 2 is 2.04 bits per heavy atom. The molecule has 1 aliphatic rings. The van der Waals surface area contributed by atoms with Gasteiger partial charge in [-0.05, 0) is 55.5 Å². The maximum Gasteiger partial charge on any atom is 0.329 e. The van der Waals surface area contributed by atoms with E-state index in [1.165, 1.54) is 0 Å². The molecule has 1 aromatic carbocycles. The van der Waals surface area contributed by atoms with Gasteiger partial charge in [-0.1, -0.05) is 11.3 Å². The standard InChI is InChI=1S/C19H19N5O3S/c1-12-16(17(25)21-19(18(26)27)6-9-28-10-7-19)22-23-24(12)14-4-5-15-13(11-14)3-2-8-20-15/h2-5,8,11H,6-7,9-10H2,1H3,(H,21,25)(H,26,27). The van der Waals surface area contributed by atoms with Crippen LogP contribution in [-0.4, -0.2) is 54.0 Å². The Bertz CT molecular complexity index is 1060. The van der Waals surface area contributed by atoms with Crippen molar-refractivity contribution in [3.8, 4) is 5.69 Å². The van der Waals surface area contributed by atoms with Gasteiger partial charge in [0.1, 0.15) is 5.54 Å². The highest BCUT2D eigenvalue weighted by Gasteiger charge is 2.42. The molecule has 0 atom stereocenters. The zero-order chi connectivity index (χ0) is 19.7. The molecule has 0 bridgehead atoms. The minimum atomic E-state index is -1.24. The van der Waals surface area contributed by atoms with Gasteiger partial charge in [-0.2, -0.15) is 11.8 Å². The number of aromatic nitrogens is 4. The minimum Gasteiger partial charge on any atom is -0.480 e. The van der Waals surface area contributed by atoms with Gasteiger partial charge in [-0.25, -0.2) is 9.48 Å². The average molecular weight is 397 g/mol. The monoisotopic (exact) mass is 397 g/mol. The van der Waals surface area contributed by atoms with Crippen LogP contribution >= 0.6 is 11.8 Å². The van der Waals surface area contributed by atoms with E-state index < -0.39 is 17.4 Å². The number of rotatable bonds is 4. The third kappa shape index (κ3) is 3.22. The number of fused-ring (bicyclic) bond motifs is 1. The number of carbonyl (C=O) groups excluding carboxylic acids is 1. The van der Waals surface area contributed by atoms with E-state index in [0.29, 0.717) is 30.0 Å². The molecule has 0 saturated carbocycles. The van der Waals surface area contributed by atoms with E-state index in [-0.39, 0.29) is 5.69 Å². The van der Waals surface area contributed by atoms with Crippen LogP contribution in [-0.2, 0) is 4.79 Å². The molecule has 9 heteroatoms. The first-order valence-corrected chi connectivity index (χ1v) is 10.1. The molecular weight excluding hydrogens is 378 g/mol. The van der Waals surface area contributed by atoms with Crippen molar-refractivity contribution in [2.24, 2.45) is 0 Å². The van der Waals surface area contributed by atoms with Crippen LogP contribution in [0, 0.1) is 6.92 Å². The van der Waals surface area contributed by atoms with Gasteiger partial charge in [-0.15, -0.1) is 5.10 Å². The first-order chi connectivity index (χ1) is 13.5. The molecule has 28 heavy (non-hydrogen) atoms. The summed E-state index contributed by atoms with van der Waals surface area (Å²) in [5.74, 6) is -0.124. The summed E-state index contributed by atoms with van der Waals surface area (Å²) in [6.45, 7) is 1.74. The van der Waals surface area contributed by atoms with Crippen molar-refractivity contribution in [2.75, 3.05) is 11.5 Å². The van der Waals surface area contributed by atoms with Crippen LogP contribution in [0.2, 0.25) is 0 Å². The Balaban J connectivity index is 1.63. The van der Waals surface area contributed by atoms with E-state index in [1.807, 2.05) is 30.3 Å². The molecule has 4 rings (SSSR count). The fourth-order valence-electron chi connectivity index (χ4n) is 3.37. The highest BCUT2D eigenvalue weighted by Crippen LogP contribution is 2.28. The largest absolute Gasteiger partial charge is 0.480 e. The summed E-state index contributed by atoms with van der Waals surface area (Å²) in [5.41, 5.74) is 1.05. The van der Waals surface area contributed by atoms with Crippen LogP contribution in [0.4, 0.5) is 0 Å². The van der Waals surface area contributed by atoms with E-state index in [4.69, 9.17) is 0 Å². The molecule has 1 saturated heterocycles. The molecule has 2 aromatic heterocycles. The Morgan fingerprint density at radius 1 is 1.25 bits per heavy atom. The normalized spacial score (nSPS) is 16.0. The summed E-state index contributed by atoms with van der Waals surface area (Å²) < 4.78 is 1.57. The Kier molecular flexibility index (Phi) is 4.76. The zero-order valence-electron chi connectivity index (χ0n) is 15.3. The molecule has 8 nitrogen and oxygen atoms in total. The number of nitrogens with one attached hydrogen (secondary N) is 1. The van der Waals surface area contributed by atoms with Crippen LogP contribution in [0.1, 0.15) is 29.0 Å². The Labute approximate surface area is 165 Å². The fraction of sp³-hybridized carbons (Fsp3) is 0.316. The predicted molar refractivity (Wildman–Crippen MR) is 106 cm³/mol. The third-order valence-electron chi connectivity index (χ3n) is 5.05. The van der Waals surface area contributed by atoms with Gasteiger partial charge in [0, 0.05) is 11.6 Å². The lowest BCUT2D eigenvalue weighted by atomic mass is 9.92. The molecule has 144 valence electrons. The quantitative estimate of drug-likeness (QED) is 0.694. The van der Waals surface area contributed by atoms with Crippen LogP contribution in [0.3, 0.4) is 0 Å². The van der Waals surface area contributed by atoms with E-state index in [0.717, 1.165) is 16.6 Å². The van der Waals surface area contributed by atoms with E-state index in [9.17, 15) is 14.7 Å². The number of thioether (sulfide) groups is 1. The van der Waals surface area contributed by atoms with Crippen molar-refractivity contribution >= 4 is 34.5 Å². The molecule has 0 unspecified atom stereocenters. The molecule has 2 N–H and O–H groups in total. The first-order valence-electron chi connectivity index (χ1n) is 8.91. The van der Waals surface area contributed by atoms with Crippen LogP contribution < -0.4 is 5.32 Å². The highest BCUT2D eigenvalue weighted by molar-refractivity contribution is 7.99. The fourth-order valence-corrected chi connectivity index (χ4v) is 4.56. The Hall–Kier alpha value is -2.94. The van der Waals surface area contributed by atoms with Crippen LogP contribution in [0.5, 0.6) is 0 Å². The molecule has 0 spiro atoms. The molecule has 0 aliphatic carbocycles. The van der Waals surface area contributed by atoms with Gasteiger partial charge >= 0.3 is 5.97 Å². The second-order valence-electron chi connectivity index (χ2n) is 6.77. The molecular formula is C19H19N5O3S. The first kappa shape index (κ1) is 18.4. The summed E-state index contributed by atoms with van der Waals surface area (Å²) >= 11 is 1.69. The number of carbonyl (C=O) groups is 2. The number of hydrogen-bond acceptors (Lipinski definition) is 6. The Morgan fingerprint density at radius 3 is 2.79 bits per heavy atom. The van der Waals surface area contributed by atoms with Gasteiger partial charge in [0.25, 0.3) is 5.91 Å². The number of aliphatic carboxylic acids is 1. The second kappa shape index (κ2) is 7.23. The predicted octanol–water partition coefficient (Wildman–Crippen LogP) is 2.20. The van der Waals surface area contributed by atoms with E-state index in [2.05, 4.69) is 20.6 Å². The summed E-state index contributed by atoms with van der Waals surface area (Å²) in [4.78, 5) is 28.9. The number of amides is 1. The van der Waals surface area contributed by atoms with Gasteiger partial charge in [0.05, 0.1) is 16.9 Å². The number of carboxylic acids is 1. The molecule has 1 amide bonds. The maximum absolute atomic E-state index is 12.8. The van der Waals surface area contributed by atoms with Crippen molar-refractivity contribution in [3.05, 3.63) is 47.9 Å². The zero-order valence-corrected chi connectivity index (χ0v) is 16.1. The summed E-state index contributed by atoms with van der Waals surface area (Å²) in [6.07, 6.45) is 2.51. The number of carboxylic acid groups (broad SMARTS) is 1. The summed E-state index contributed by atoms with van der Waals surface area (Å²) in [7, 11) is 0. The van der Waals surface area contributed by atoms with Crippen LogP contribution in [0.25, 0.3) is 16.6 Å². The number of hydrogen-bond donors (Lipinski definition) is 2. The third-order valence-corrected chi connectivity index (χ3v) is 6.03. The second-order valence-corrected chi connectivity index (χ2v) is 7.99. The SMILES string of the molecule is Cc1c(C(=O)NC2(C(=O)O)CCSCC2)nnn1-c1ccc2ncccc2c1. The lowest BCUT2D eigenvalue weighted by molar-refractivity contribution is -0.144. The average Bonchev–Trinajstić information content (AvgIpc) is 3.09. The lowest BCUT2D eigenvalue weighted by Crippen LogP contribution is -2.56. The molecule has 3 heterocycles. The van der Waals surface area contributed by atoms with Gasteiger partial charge in [0.2, 0.25) is 0 Å². The number of benzene rings is 1. The van der Waals surface area contributed by atoms with Gasteiger partial charge in [-0.3, -0.25) is 9.78 Å². The number of pyridine rings is 1. The molecule has 1 aliphatic heterocycles. The smallest absolute Gasteiger partial charge is 0.329 e. The molecule has 3 aromatic rings. The topological polar surface area (TPSA) is 110 Å². The van der Waals surface area contributed by atoms with Gasteiger partial charge < -0.3 is 10.4 Å². The minimum absolute atomic E-state index is 0.130. The van der Waals surface area contributed by atoms with Crippen molar-refractivity contribution in [2.45, 2.75) is 25.3 Å². The van der Waals surface area contributed by atoms with Gasteiger partial charge in [0.15, 0.2) is 5.69 Å². The van der Waals surface area contributed by atoms with Crippen molar-refractivity contribution in [1.82, 2.24) is 25.3 Å².